The van der Waals surface area contributed by atoms with Crippen molar-refractivity contribution < 1.29 is 31.1 Å². The molecule has 0 radical (unpaired) electrons. The van der Waals surface area contributed by atoms with Crippen LogP contribution in [-0.4, -0.2) is 22.8 Å². The second kappa shape index (κ2) is 6.52. The molecule has 3 aromatic rings. The summed E-state index contributed by atoms with van der Waals surface area (Å²) in [5.41, 5.74) is -3.64. The van der Waals surface area contributed by atoms with E-state index in [-0.39, 0.29) is 22.7 Å². The van der Waals surface area contributed by atoms with Gasteiger partial charge in [0.15, 0.2) is 0 Å². The molecule has 3 nitrogen and oxygen atoms in total. The molecule has 1 unspecified atom stereocenters. The minimum Gasteiger partial charge on any atom is -0.497 e. The average Bonchev–Trinajstić information content (AvgIpc) is 3.08. The first-order valence-electron chi connectivity index (χ1n) is 8.94. The Morgan fingerprint density at radius 1 is 0.967 bits per heavy atom. The van der Waals surface area contributed by atoms with Crippen LogP contribution < -0.4 is 4.74 Å². The van der Waals surface area contributed by atoms with E-state index in [9.17, 15) is 26.3 Å². The van der Waals surface area contributed by atoms with Crippen LogP contribution in [0.1, 0.15) is 23.4 Å². The number of rotatable bonds is 4. The predicted octanol–water partition coefficient (Wildman–Crippen LogP) is 5.29. The van der Waals surface area contributed by atoms with Gasteiger partial charge in [0.25, 0.3) is 5.92 Å². The molecule has 4 rings (SSSR count). The van der Waals surface area contributed by atoms with Gasteiger partial charge in [-0.2, -0.15) is 5.10 Å². The van der Waals surface area contributed by atoms with Crippen LogP contribution in [0.25, 0.3) is 11.1 Å². The molecular formula is C21H16F6N2O. The lowest BCUT2D eigenvalue weighted by atomic mass is 9.85. The lowest BCUT2D eigenvalue weighted by molar-refractivity contribution is 0.0940. The average molecular weight is 426 g/mol. The van der Waals surface area contributed by atoms with Crippen LogP contribution in [-0.2, 0) is 12.5 Å². The zero-order valence-electron chi connectivity index (χ0n) is 16.2. The lowest BCUT2D eigenvalue weighted by Gasteiger charge is -2.21. The number of aromatic nitrogens is 2. The van der Waals surface area contributed by atoms with E-state index in [1.807, 2.05) is 0 Å². The van der Waals surface area contributed by atoms with Crippen LogP contribution >= 0.6 is 0 Å². The minimum absolute atomic E-state index is 0.0834. The Morgan fingerprint density at radius 2 is 1.57 bits per heavy atom. The van der Waals surface area contributed by atoms with Crippen molar-refractivity contribution in [3.05, 3.63) is 70.6 Å². The largest absolute Gasteiger partial charge is 0.497 e. The highest BCUT2D eigenvalue weighted by Crippen LogP contribution is 2.67. The van der Waals surface area contributed by atoms with Gasteiger partial charge in [0, 0.05) is 42.8 Å². The van der Waals surface area contributed by atoms with E-state index in [1.54, 1.807) is 0 Å². The van der Waals surface area contributed by atoms with Gasteiger partial charge in [-0.3, -0.25) is 4.68 Å². The molecule has 2 aromatic carbocycles. The molecule has 30 heavy (non-hydrogen) atoms. The third-order valence-corrected chi connectivity index (χ3v) is 5.51. The number of aryl methyl sites for hydroxylation is 2. The molecule has 1 aliphatic carbocycles. The fraction of sp³-hybridized carbons (Fsp3) is 0.286. The normalized spacial score (nSPS) is 19.8. The Kier molecular flexibility index (Phi) is 4.41. The van der Waals surface area contributed by atoms with E-state index in [1.165, 1.54) is 21.1 Å². The predicted molar refractivity (Wildman–Crippen MR) is 96.6 cm³/mol. The summed E-state index contributed by atoms with van der Waals surface area (Å²) < 4.78 is 93.1. The second-order valence-electron chi connectivity index (χ2n) is 7.31. The summed E-state index contributed by atoms with van der Waals surface area (Å²) in [7, 11) is 2.56. The van der Waals surface area contributed by atoms with E-state index >= 15 is 0 Å². The molecule has 1 atom stereocenters. The zero-order chi connectivity index (χ0) is 22.0. The van der Waals surface area contributed by atoms with Crippen molar-refractivity contribution >= 4 is 0 Å². The van der Waals surface area contributed by atoms with Crippen LogP contribution in [0.2, 0.25) is 0 Å². The van der Waals surface area contributed by atoms with Crippen LogP contribution in [0.4, 0.5) is 26.3 Å². The van der Waals surface area contributed by atoms with Crippen molar-refractivity contribution in [2.45, 2.75) is 24.7 Å². The number of benzene rings is 2. The molecule has 1 aromatic heterocycles. The third-order valence-electron chi connectivity index (χ3n) is 5.51. The lowest BCUT2D eigenvalue weighted by Crippen LogP contribution is -2.24. The van der Waals surface area contributed by atoms with Crippen molar-refractivity contribution in [1.82, 2.24) is 9.78 Å². The summed E-state index contributed by atoms with van der Waals surface area (Å²) >= 11 is 0. The maximum Gasteiger partial charge on any atom is 0.264 e. The van der Waals surface area contributed by atoms with E-state index in [4.69, 9.17) is 4.74 Å². The molecule has 9 heteroatoms. The molecule has 0 amide bonds. The summed E-state index contributed by atoms with van der Waals surface area (Å²) in [4.78, 5) is 0. The molecular weight excluding hydrogens is 410 g/mol. The van der Waals surface area contributed by atoms with Crippen LogP contribution in [0.3, 0.4) is 0 Å². The van der Waals surface area contributed by atoms with E-state index in [0.717, 1.165) is 28.9 Å². The van der Waals surface area contributed by atoms with E-state index in [2.05, 4.69) is 5.10 Å². The van der Waals surface area contributed by atoms with Crippen LogP contribution in [0.5, 0.6) is 5.75 Å². The fourth-order valence-electron chi connectivity index (χ4n) is 4.15. The van der Waals surface area contributed by atoms with E-state index in [0.29, 0.717) is 6.07 Å². The van der Waals surface area contributed by atoms with Crippen molar-refractivity contribution in [3.8, 4) is 16.9 Å². The van der Waals surface area contributed by atoms with Gasteiger partial charge in [-0.25, -0.2) is 26.3 Å². The number of alkyl halides is 2. The molecule has 1 fully saturated rings. The number of halogens is 6. The number of hydrogen-bond acceptors (Lipinski definition) is 2. The molecule has 1 saturated carbocycles. The van der Waals surface area contributed by atoms with Gasteiger partial charge in [0.05, 0.1) is 24.1 Å². The quantitative estimate of drug-likeness (QED) is 0.531. The molecule has 1 aliphatic rings. The van der Waals surface area contributed by atoms with Gasteiger partial charge in [0.1, 0.15) is 34.4 Å². The van der Waals surface area contributed by atoms with Crippen LogP contribution in [0.15, 0.2) is 30.3 Å². The summed E-state index contributed by atoms with van der Waals surface area (Å²) in [5.74, 6) is -7.70. The molecule has 0 spiro atoms. The van der Waals surface area contributed by atoms with Gasteiger partial charge in [-0.05, 0) is 13.0 Å². The smallest absolute Gasteiger partial charge is 0.264 e. The van der Waals surface area contributed by atoms with Gasteiger partial charge < -0.3 is 4.74 Å². The highest BCUT2D eigenvalue weighted by Gasteiger charge is 2.75. The molecule has 158 valence electrons. The molecule has 0 saturated heterocycles. The fourth-order valence-corrected chi connectivity index (χ4v) is 4.15. The van der Waals surface area contributed by atoms with Crippen molar-refractivity contribution in [2.24, 2.45) is 7.05 Å². The highest BCUT2D eigenvalue weighted by molar-refractivity contribution is 5.75. The van der Waals surface area contributed by atoms with Gasteiger partial charge >= 0.3 is 0 Å². The van der Waals surface area contributed by atoms with Crippen LogP contribution in [0, 0.1) is 30.2 Å². The summed E-state index contributed by atoms with van der Waals surface area (Å²) in [5, 5.41) is 4.08. The molecule has 0 aliphatic heterocycles. The van der Waals surface area contributed by atoms with Crippen molar-refractivity contribution in [2.75, 3.05) is 7.11 Å². The van der Waals surface area contributed by atoms with E-state index < -0.39 is 52.2 Å². The van der Waals surface area contributed by atoms with Gasteiger partial charge in [-0.1, -0.05) is 6.07 Å². The number of ether oxygens (including phenoxy) is 1. The van der Waals surface area contributed by atoms with Gasteiger partial charge in [0.2, 0.25) is 0 Å². The zero-order valence-corrected chi connectivity index (χ0v) is 16.2. The Balaban J connectivity index is 2.04. The van der Waals surface area contributed by atoms with Crippen molar-refractivity contribution in [3.63, 3.8) is 0 Å². The summed E-state index contributed by atoms with van der Waals surface area (Å²) in [6, 6.07) is 4.14. The monoisotopic (exact) mass is 426 g/mol. The van der Waals surface area contributed by atoms with Gasteiger partial charge in [-0.15, -0.1) is 0 Å². The minimum atomic E-state index is -3.43. The maximum atomic E-state index is 14.8. The first-order chi connectivity index (χ1) is 14.0. The first kappa shape index (κ1) is 20.3. The Morgan fingerprint density at radius 3 is 2.07 bits per heavy atom. The summed E-state index contributed by atoms with van der Waals surface area (Å²) in [6.07, 6.45) is -0.812. The number of nitrogens with zero attached hydrogens (tertiary/aromatic N) is 2. The summed E-state index contributed by atoms with van der Waals surface area (Å²) in [6.45, 7) is 1.41. The highest BCUT2D eigenvalue weighted by atomic mass is 19.3. The Bertz CT molecular complexity index is 1150. The maximum absolute atomic E-state index is 14.8. The standard InChI is InChI=1S/C21H16F6N2O/c1-10-17(18-15(24)7-12(30-3)8-16(18)25)19(29(2)28-10)20(9-21(20,26)27)13-5-4-11(22)6-14(13)23/h4-8H,9H2,1-3H3. The SMILES string of the molecule is COc1cc(F)c(-c2c(C)nn(C)c2C2(c3ccc(F)cc3F)CC2(F)F)c(F)c1. The third kappa shape index (κ3) is 2.71. The topological polar surface area (TPSA) is 27.1 Å². The molecule has 0 N–H and O–H groups in total. The second-order valence-corrected chi connectivity index (χ2v) is 7.31. The van der Waals surface area contributed by atoms with Crippen molar-refractivity contribution in [1.29, 1.82) is 0 Å². The Hall–Kier alpha value is -2.97. The number of hydrogen-bond donors (Lipinski definition) is 0. The molecule has 0 bridgehead atoms. The molecule has 1 heterocycles. The number of methoxy groups -OCH3 is 1. The first-order valence-corrected chi connectivity index (χ1v) is 8.94. The Labute approximate surface area is 167 Å².